The lowest BCUT2D eigenvalue weighted by molar-refractivity contribution is -0.135. The van der Waals surface area contributed by atoms with Crippen molar-refractivity contribution in [3.8, 4) is 11.5 Å². The molecule has 2 aliphatic rings. The molecule has 0 unspecified atom stereocenters. The SMILES string of the molecule is COc1ccccc1CNC(=S)N1CCC2(CCN(C(=O)COc3ccccc3C)CC2)C1. The number of aryl methyl sites for hydroxylation is 1. The zero-order chi connectivity index (χ0) is 23.3. The number of hydrogen-bond donors (Lipinski definition) is 1. The van der Waals surface area contributed by atoms with Crippen molar-refractivity contribution in [2.24, 2.45) is 5.41 Å². The van der Waals surface area contributed by atoms with Crippen LogP contribution in [0.15, 0.2) is 48.5 Å². The topological polar surface area (TPSA) is 54.0 Å². The van der Waals surface area contributed by atoms with Gasteiger partial charge in [-0.2, -0.15) is 0 Å². The number of para-hydroxylation sites is 2. The molecule has 1 spiro atoms. The quantitative estimate of drug-likeness (QED) is 0.653. The van der Waals surface area contributed by atoms with Crippen molar-refractivity contribution in [1.82, 2.24) is 15.1 Å². The number of likely N-dealkylation sites (tertiary alicyclic amines) is 2. The van der Waals surface area contributed by atoms with E-state index in [1.807, 2.05) is 54.3 Å². The molecular formula is C26H33N3O3S. The third-order valence-corrected chi connectivity index (χ3v) is 7.37. The van der Waals surface area contributed by atoms with Crippen molar-refractivity contribution in [2.45, 2.75) is 32.7 Å². The summed E-state index contributed by atoms with van der Waals surface area (Å²) in [6, 6.07) is 15.8. The predicted octanol–water partition coefficient (Wildman–Crippen LogP) is 3.77. The van der Waals surface area contributed by atoms with E-state index in [9.17, 15) is 4.79 Å². The standard InChI is InChI=1S/C26H33N3O3S/c1-20-7-3-5-9-22(20)32-18-24(30)28-14-11-26(12-15-28)13-16-29(19-26)25(33)27-17-21-8-4-6-10-23(21)31-2/h3-10H,11-19H2,1-2H3,(H,27,33). The summed E-state index contributed by atoms with van der Waals surface area (Å²) >= 11 is 5.69. The first kappa shape index (κ1) is 23.4. The number of piperidine rings is 1. The van der Waals surface area contributed by atoms with Gasteiger partial charge in [0.1, 0.15) is 11.5 Å². The minimum absolute atomic E-state index is 0.0666. The molecule has 0 saturated carbocycles. The summed E-state index contributed by atoms with van der Waals surface area (Å²) in [5.74, 6) is 1.71. The third-order valence-electron chi connectivity index (χ3n) is 6.97. The van der Waals surface area contributed by atoms with Crippen LogP contribution < -0.4 is 14.8 Å². The van der Waals surface area contributed by atoms with Crippen molar-refractivity contribution in [3.05, 3.63) is 59.7 Å². The molecule has 0 radical (unpaired) electrons. The fourth-order valence-corrected chi connectivity index (χ4v) is 5.06. The number of nitrogens with zero attached hydrogens (tertiary/aromatic N) is 2. The lowest BCUT2D eigenvalue weighted by atomic mass is 9.78. The summed E-state index contributed by atoms with van der Waals surface area (Å²) < 4.78 is 11.2. The Kier molecular flexibility index (Phi) is 7.38. The van der Waals surface area contributed by atoms with Crippen LogP contribution in [0.5, 0.6) is 11.5 Å². The van der Waals surface area contributed by atoms with Gasteiger partial charge in [0, 0.05) is 38.3 Å². The van der Waals surface area contributed by atoms with Crippen molar-refractivity contribution in [1.29, 1.82) is 0 Å². The summed E-state index contributed by atoms with van der Waals surface area (Å²) in [6.07, 6.45) is 3.13. The van der Waals surface area contributed by atoms with Crippen molar-refractivity contribution in [3.63, 3.8) is 0 Å². The average Bonchev–Trinajstić information content (AvgIpc) is 3.26. The minimum atomic E-state index is 0.0666. The Morgan fingerprint density at radius 1 is 1.00 bits per heavy atom. The number of benzene rings is 2. The number of carbonyl (C=O) groups excluding carboxylic acids is 1. The molecule has 0 aliphatic carbocycles. The van der Waals surface area contributed by atoms with Crippen LogP contribution >= 0.6 is 12.2 Å². The Bertz CT molecular complexity index is 988. The monoisotopic (exact) mass is 467 g/mol. The van der Waals surface area contributed by atoms with Gasteiger partial charge in [0.15, 0.2) is 11.7 Å². The van der Waals surface area contributed by atoms with E-state index in [-0.39, 0.29) is 17.9 Å². The van der Waals surface area contributed by atoms with E-state index >= 15 is 0 Å². The first-order chi connectivity index (χ1) is 16.0. The lowest BCUT2D eigenvalue weighted by Crippen LogP contribution is -2.46. The van der Waals surface area contributed by atoms with Gasteiger partial charge in [-0.15, -0.1) is 0 Å². The van der Waals surface area contributed by atoms with Crippen LogP contribution in [0.3, 0.4) is 0 Å². The Hall–Kier alpha value is -2.80. The number of ether oxygens (including phenoxy) is 2. The number of rotatable bonds is 6. The second-order valence-corrected chi connectivity index (χ2v) is 9.46. The number of carbonyl (C=O) groups is 1. The van der Waals surface area contributed by atoms with E-state index in [1.165, 1.54) is 0 Å². The number of methoxy groups -OCH3 is 1. The Balaban J connectivity index is 1.23. The fraction of sp³-hybridized carbons (Fsp3) is 0.462. The van der Waals surface area contributed by atoms with Crippen LogP contribution in [0, 0.1) is 12.3 Å². The van der Waals surface area contributed by atoms with Crippen LogP contribution in [0.4, 0.5) is 0 Å². The van der Waals surface area contributed by atoms with Gasteiger partial charge >= 0.3 is 0 Å². The molecule has 1 amide bonds. The maximum Gasteiger partial charge on any atom is 0.260 e. The van der Waals surface area contributed by atoms with E-state index in [2.05, 4.69) is 16.3 Å². The van der Waals surface area contributed by atoms with Gasteiger partial charge in [0.25, 0.3) is 5.91 Å². The smallest absolute Gasteiger partial charge is 0.260 e. The average molecular weight is 468 g/mol. The van der Waals surface area contributed by atoms with Crippen LogP contribution in [0.25, 0.3) is 0 Å². The first-order valence-electron chi connectivity index (χ1n) is 11.6. The number of amides is 1. The summed E-state index contributed by atoms with van der Waals surface area (Å²) in [4.78, 5) is 16.9. The fourth-order valence-electron chi connectivity index (χ4n) is 4.83. The molecule has 0 aromatic heterocycles. The number of thiocarbonyl (C=S) groups is 1. The highest BCUT2D eigenvalue weighted by Gasteiger charge is 2.42. The zero-order valence-electron chi connectivity index (χ0n) is 19.5. The van der Waals surface area contributed by atoms with E-state index in [1.54, 1.807) is 7.11 Å². The van der Waals surface area contributed by atoms with Crippen molar-refractivity contribution in [2.75, 3.05) is 39.9 Å². The lowest BCUT2D eigenvalue weighted by Gasteiger charge is -2.39. The molecule has 33 heavy (non-hydrogen) atoms. The number of nitrogens with one attached hydrogen (secondary N) is 1. The molecule has 2 aromatic rings. The second kappa shape index (κ2) is 10.4. The van der Waals surface area contributed by atoms with Crippen LogP contribution in [-0.2, 0) is 11.3 Å². The van der Waals surface area contributed by atoms with Crippen LogP contribution in [0.1, 0.15) is 30.4 Å². The van der Waals surface area contributed by atoms with Crippen molar-refractivity contribution < 1.29 is 14.3 Å². The Morgan fingerprint density at radius 3 is 2.33 bits per heavy atom. The molecular weight excluding hydrogens is 434 g/mol. The van der Waals surface area contributed by atoms with Gasteiger partial charge in [0.2, 0.25) is 0 Å². The molecule has 2 saturated heterocycles. The van der Waals surface area contributed by atoms with Gasteiger partial charge in [-0.05, 0) is 61.5 Å². The molecule has 2 fully saturated rings. The first-order valence-corrected chi connectivity index (χ1v) is 12.0. The van der Waals surface area contributed by atoms with E-state index in [4.69, 9.17) is 21.7 Å². The zero-order valence-corrected chi connectivity index (χ0v) is 20.3. The van der Waals surface area contributed by atoms with Crippen LogP contribution in [0.2, 0.25) is 0 Å². The van der Waals surface area contributed by atoms with E-state index in [0.717, 1.165) is 73.2 Å². The number of hydrogen-bond acceptors (Lipinski definition) is 4. The maximum atomic E-state index is 12.7. The Labute approximate surface area is 201 Å². The highest BCUT2D eigenvalue weighted by atomic mass is 32.1. The molecule has 176 valence electrons. The molecule has 4 rings (SSSR count). The highest BCUT2D eigenvalue weighted by molar-refractivity contribution is 7.80. The van der Waals surface area contributed by atoms with Gasteiger partial charge in [-0.1, -0.05) is 36.4 Å². The largest absolute Gasteiger partial charge is 0.496 e. The molecule has 1 N–H and O–H groups in total. The normalized spacial score (nSPS) is 17.2. The summed E-state index contributed by atoms with van der Waals surface area (Å²) in [5, 5.41) is 4.19. The molecule has 0 atom stereocenters. The molecule has 7 heteroatoms. The molecule has 2 aliphatic heterocycles. The Morgan fingerprint density at radius 2 is 1.64 bits per heavy atom. The maximum absolute atomic E-state index is 12.7. The van der Waals surface area contributed by atoms with Gasteiger partial charge in [-0.25, -0.2) is 0 Å². The second-order valence-electron chi connectivity index (χ2n) is 9.08. The van der Waals surface area contributed by atoms with E-state index < -0.39 is 0 Å². The molecule has 6 nitrogen and oxygen atoms in total. The minimum Gasteiger partial charge on any atom is -0.496 e. The van der Waals surface area contributed by atoms with Crippen molar-refractivity contribution >= 4 is 23.2 Å². The molecule has 2 aromatic carbocycles. The predicted molar refractivity (Wildman–Crippen MR) is 134 cm³/mol. The summed E-state index contributed by atoms with van der Waals surface area (Å²) in [7, 11) is 1.69. The summed E-state index contributed by atoms with van der Waals surface area (Å²) in [5.41, 5.74) is 2.38. The molecule has 2 heterocycles. The van der Waals surface area contributed by atoms with Crippen LogP contribution in [-0.4, -0.2) is 60.7 Å². The third kappa shape index (κ3) is 5.58. The molecule has 0 bridgehead atoms. The summed E-state index contributed by atoms with van der Waals surface area (Å²) in [6.45, 7) is 6.22. The highest BCUT2D eigenvalue weighted by Crippen LogP contribution is 2.40. The van der Waals surface area contributed by atoms with Gasteiger partial charge in [0.05, 0.1) is 7.11 Å². The van der Waals surface area contributed by atoms with Gasteiger partial charge in [-0.3, -0.25) is 4.79 Å². The van der Waals surface area contributed by atoms with E-state index in [0.29, 0.717) is 6.54 Å². The van der Waals surface area contributed by atoms with Gasteiger partial charge < -0.3 is 24.6 Å².